The Morgan fingerprint density at radius 1 is 0.857 bits per heavy atom. The Hall–Kier alpha value is -4.13. The van der Waals surface area contributed by atoms with Gasteiger partial charge in [-0.1, -0.05) is 12.1 Å². The smallest absolute Gasteiger partial charge is 0.263 e. The zero-order valence-corrected chi connectivity index (χ0v) is 19.9. The molecule has 0 radical (unpaired) electrons. The number of hydrogen-bond acceptors (Lipinski definition) is 6. The van der Waals surface area contributed by atoms with Crippen molar-refractivity contribution in [3.05, 3.63) is 79.0 Å². The Labute approximate surface area is 204 Å². The average molecular weight is 469 g/mol. The van der Waals surface area contributed by atoms with Crippen molar-refractivity contribution in [2.45, 2.75) is 13.0 Å². The summed E-state index contributed by atoms with van der Waals surface area (Å²) in [5.41, 5.74) is 4.61. The number of para-hydroxylation sites is 2. The van der Waals surface area contributed by atoms with E-state index in [0.717, 1.165) is 46.8 Å². The van der Waals surface area contributed by atoms with Crippen LogP contribution in [0.1, 0.15) is 6.92 Å². The van der Waals surface area contributed by atoms with Gasteiger partial charge >= 0.3 is 0 Å². The third-order valence-corrected chi connectivity index (χ3v) is 6.29. The molecule has 0 N–H and O–H groups in total. The minimum atomic E-state index is -0.561. The van der Waals surface area contributed by atoms with Gasteiger partial charge in [-0.2, -0.15) is 0 Å². The number of methoxy groups -OCH3 is 1. The number of fused-ring (bicyclic) bond motifs is 1. The maximum absolute atomic E-state index is 13.0. The van der Waals surface area contributed by atoms with Crippen LogP contribution in [0.2, 0.25) is 0 Å². The van der Waals surface area contributed by atoms with E-state index in [0.29, 0.717) is 18.8 Å². The largest absolute Gasteiger partial charge is 0.497 e. The van der Waals surface area contributed by atoms with Crippen molar-refractivity contribution in [1.82, 2.24) is 14.9 Å². The highest BCUT2D eigenvalue weighted by Gasteiger charge is 2.26. The molecule has 35 heavy (non-hydrogen) atoms. The minimum Gasteiger partial charge on any atom is -0.497 e. The van der Waals surface area contributed by atoms with Crippen molar-refractivity contribution >= 4 is 22.6 Å². The van der Waals surface area contributed by atoms with Crippen molar-refractivity contribution in [3.8, 4) is 22.8 Å². The normalized spacial score (nSPS) is 14.6. The van der Waals surface area contributed by atoms with Crippen molar-refractivity contribution in [3.63, 3.8) is 0 Å². The number of nitrogens with zero attached hydrogens (tertiary/aromatic N) is 4. The second kappa shape index (κ2) is 10.0. The number of ether oxygens (including phenoxy) is 2. The Morgan fingerprint density at radius 2 is 1.51 bits per heavy atom. The lowest BCUT2D eigenvalue weighted by Crippen LogP contribution is -2.52. The van der Waals surface area contributed by atoms with Crippen molar-refractivity contribution < 1.29 is 14.3 Å². The summed E-state index contributed by atoms with van der Waals surface area (Å²) in [4.78, 5) is 26.3. The van der Waals surface area contributed by atoms with Crippen LogP contribution in [0, 0.1) is 0 Å². The van der Waals surface area contributed by atoms with E-state index in [1.807, 2.05) is 65.6 Å². The number of hydrogen-bond donors (Lipinski definition) is 0. The summed E-state index contributed by atoms with van der Waals surface area (Å²) < 4.78 is 11.2. The van der Waals surface area contributed by atoms with Crippen LogP contribution in [-0.2, 0) is 4.79 Å². The van der Waals surface area contributed by atoms with Crippen LogP contribution >= 0.6 is 0 Å². The summed E-state index contributed by atoms with van der Waals surface area (Å²) in [6.07, 6.45) is 1.21. The second-order valence-corrected chi connectivity index (χ2v) is 8.54. The number of amides is 1. The fourth-order valence-corrected chi connectivity index (χ4v) is 4.29. The van der Waals surface area contributed by atoms with Crippen LogP contribution in [0.15, 0.2) is 79.0 Å². The highest BCUT2D eigenvalue weighted by atomic mass is 16.5. The highest BCUT2D eigenvalue weighted by molar-refractivity contribution is 5.81. The van der Waals surface area contributed by atoms with E-state index in [9.17, 15) is 4.79 Å². The molecule has 1 atom stereocenters. The lowest BCUT2D eigenvalue weighted by Gasteiger charge is -2.37. The molecule has 2 heterocycles. The van der Waals surface area contributed by atoms with Crippen LogP contribution in [0.25, 0.3) is 22.3 Å². The zero-order valence-electron chi connectivity index (χ0n) is 19.9. The van der Waals surface area contributed by atoms with Crippen LogP contribution in [0.4, 0.5) is 5.69 Å². The van der Waals surface area contributed by atoms with Gasteiger partial charge in [-0.05, 0) is 67.6 Å². The number of rotatable bonds is 6. The van der Waals surface area contributed by atoms with Gasteiger partial charge in [0.15, 0.2) is 6.10 Å². The monoisotopic (exact) mass is 468 g/mol. The number of piperazine rings is 1. The van der Waals surface area contributed by atoms with Crippen LogP contribution in [0.3, 0.4) is 0 Å². The van der Waals surface area contributed by atoms with Gasteiger partial charge in [0, 0.05) is 37.4 Å². The van der Waals surface area contributed by atoms with E-state index in [1.54, 1.807) is 20.2 Å². The summed E-state index contributed by atoms with van der Waals surface area (Å²) in [5, 5.41) is 0. The summed E-state index contributed by atoms with van der Waals surface area (Å²) in [6, 6.07) is 23.5. The predicted octanol–water partition coefficient (Wildman–Crippen LogP) is 4.42. The summed E-state index contributed by atoms with van der Waals surface area (Å²) in [7, 11) is 1.66. The molecule has 1 aliphatic rings. The molecule has 4 aromatic rings. The third kappa shape index (κ3) is 5.04. The number of carbonyl (C=O) groups is 1. The van der Waals surface area contributed by atoms with Crippen molar-refractivity contribution in [1.29, 1.82) is 0 Å². The molecule has 5 rings (SSSR count). The second-order valence-electron chi connectivity index (χ2n) is 8.54. The Balaban J connectivity index is 1.17. The Bertz CT molecular complexity index is 1300. The molecule has 7 heteroatoms. The molecule has 1 aliphatic heterocycles. The highest BCUT2D eigenvalue weighted by Crippen LogP contribution is 2.24. The fraction of sp³-hybridized carbons (Fsp3) is 0.250. The van der Waals surface area contributed by atoms with Crippen LogP contribution in [-0.4, -0.2) is 60.2 Å². The summed E-state index contributed by atoms with van der Waals surface area (Å²) in [6.45, 7) is 4.70. The van der Waals surface area contributed by atoms with Gasteiger partial charge in [-0.15, -0.1) is 0 Å². The molecule has 1 fully saturated rings. The fourth-order valence-electron chi connectivity index (χ4n) is 4.29. The van der Waals surface area contributed by atoms with Crippen molar-refractivity contribution in [2.75, 3.05) is 38.2 Å². The molecule has 0 bridgehead atoms. The average Bonchev–Trinajstić information content (AvgIpc) is 2.93. The van der Waals surface area contributed by atoms with Crippen LogP contribution in [0.5, 0.6) is 11.5 Å². The lowest BCUT2D eigenvalue weighted by atomic mass is 10.1. The van der Waals surface area contributed by atoms with Gasteiger partial charge in [0.25, 0.3) is 5.91 Å². The summed E-state index contributed by atoms with van der Waals surface area (Å²) >= 11 is 0. The number of carbonyl (C=O) groups excluding carboxylic acids is 1. The molecule has 1 amide bonds. The molecule has 178 valence electrons. The van der Waals surface area contributed by atoms with E-state index >= 15 is 0 Å². The van der Waals surface area contributed by atoms with Gasteiger partial charge in [-0.3, -0.25) is 9.78 Å². The SMILES string of the molecule is COc1ccc(N2CCN(C(=O)C(C)Oc3ccc(-c4cnc5ccccc5n4)cc3)CC2)cc1. The molecule has 0 saturated carbocycles. The standard InChI is InChI=1S/C28H28N4O3/c1-20(28(33)32-17-15-31(16-18-32)22-9-13-23(34-2)14-10-22)35-24-11-7-21(8-12-24)27-19-29-25-5-3-4-6-26(25)30-27/h3-14,19-20H,15-18H2,1-2H3. The first kappa shape index (κ1) is 22.7. The quantitative estimate of drug-likeness (QED) is 0.417. The molecular formula is C28H28N4O3. The maximum Gasteiger partial charge on any atom is 0.263 e. The first-order chi connectivity index (χ1) is 17.1. The molecule has 0 spiro atoms. The molecule has 0 aliphatic carbocycles. The summed E-state index contributed by atoms with van der Waals surface area (Å²) in [5.74, 6) is 1.50. The molecule has 1 saturated heterocycles. The maximum atomic E-state index is 13.0. The molecule has 1 aromatic heterocycles. The molecular weight excluding hydrogens is 440 g/mol. The topological polar surface area (TPSA) is 67.8 Å². The first-order valence-electron chi connectivity index (χ1n) is 11.8. The van der Waals surface area contributed by atoms with E-state index in [1.165, 1.54) is 0 Å². The molecule has 1 unspecified atom stereocenters. The number of anilines is 1. The Kier molecular flexibility index (Phi) is 6.48. The lowest BCUT2D eigenvalue weighted by molar-refractivity contribution is -0.138. The first-order valence-corrected chi connectivity index (χ1v) is 11.8. The number of aromatic nitrogens is 2. The van der Waals surface area contributed by atoms with Gasteiger partial charge in [0.05, 0.1) is 30.0 Å². The Morgan fingerprint density at radius 3 is 2.20 bits per heavy atom. The zero-order chi connectivity index (χ0) is 24.2. The van der Waals surface area contributed by atoms with Gasteiger partial charge < -0.3 is 19.3 Å². The van der Waals surface area contributed by atoms with E-state index in [2.05, 4.69) is 27.0 Å². The van der Waals surface area contributed by atoms with Crippen LogP contribution < -0.4 is 14.4 Å². The van der Waals surface area contributed by atoms with Gasteiger partial charge in [-0.25, -0.2) is 4.98 Å². The molecule has 3 aromatic carbocycles. The predicted molar refractivity (Wildman–Crippen MR) is 137 cm³/mol. The number of benzene rings is 3. The van der Waals surface area contributed by atoms with Gasteiger partial charge in [0.1, 0.15) is 11.5 Å². The molecule has 7 nitrogen and oxygen atoms in total. The minimum absolute atomic E-state index is 0.00357. The third-order valence-electron chi connectivity index (χ3n) is 6.29. The van der Waals surface area contributed by atoms with E-state index < -0.39 is 6.10 Å². The van der Waals surface area contributed by atoms with Crippen molar-refractivity contribution in [2.24, 2.45) is 0 Å². The van der Waals surface area contributed by atoms with E-state index in [-0.39, 0.29) is 5.91 Å². The van der Waals surface area contributed by atoms with Gasteiger partial charge in [0.2, 0.25) is 0 Å². The van der Waals surface area contributed by atoms with E-state index in [4.69, 9.17) is 9.47 Å².